The average molecular weight is 759 g/mol. The third-order valence-electron chi connectivity index (χ3n) is 13.3. The molecule has 3 heteroatoms. The van der Waals surface area contributed by atoms with Crippen LogP contribution < -0.4 is 26.2 Å². The van der Waals surface area contributed by atoms with Gasteiger partial charge in [0.25, 0.3) is 6.71 Å². The summed E-state index contributed by atoms with van der Waals surface area (Å²) in [6.45, 7) is 9.19. The highest BCUT2D eigenvalue weighted by Gasteiger charge is 2.43. The van der Waals surface area contributed by atoms with Crippen LogP contribution in [0.15, 0.2) is 164 Å². The number of rotatable bonds is 7. The van der Waals surface area contributed by atoms with Crippen molar-refractivity contribution >= 4 is 89.5 Å². The Kier molecular flexibility index (Phi) is 8.48. The summed E-state index contributed by atoms with van der Waals surface area (Å²) in [5.41, 5.74) is 19.6. The number of benzene rings is 9. The van der Waals surface area contributed by atoms with Gasteiger partial charge >= 0.3 is 0 Å². The van der Waals surface area contributed by atoms with Gasteiger partial charge in [-0.25, -0.2) is 0 Å². The maximum absolute atomic E-state index is 2.57. The predicted octanol–water partition coefficient (Wildman–Crippen LogP) is 13.1. The van der Waals surface area contributed by atoms with Gasteiger partial charge in [-0.2, -0.15) is 0 Å². The smallest absolute Gasteiger partial charge is 0.252 e. The minimum atomic E-state index is 0.110. The second-order valence-corrected chi connectivity index (χ2v) is 16.3. The quantitative estimate of drug-likeness (QED) is 0.118. The van der Waals surface area contributed by atoms with Crippen LogP contribution in [0.5, 0.6) is 0 Å². The first-order chi connectivity index (χ1) is 29.1. The van der Waals surface area contributed by atoms with Crippen LogP contribution in [0.4, 0.5) is 34.1 Å². The Bertz CT molecular complexity index is 3080. The summed E-state index contributed by atoms with van der Waals surface area (Å²) >= 11 is 0. The molecule has 2 nitrogen and oxygen atoms in total. The zero-order valence-electron chi connectivity index (χ0n) is 34.4. The van der Waals surface area contributed by atoms with Crippen LogP contribution >= 0.6 is 0 Å². The van der Waals surface area contributed by atoms with Crippen LogP contribution in [-0.2, 0) is 25.7 Å². The molecule has 0 aliphatic carbocycles. The number of fused-ring (bicyclic) bond motifs is 10. The Balaban J connectivity index is 1.18. The number of aryl methyl sites for hydroxylation is 4. The lowest BCUT2D eigenvalue weighted by atomic mass is 9.33. The molecule has 0 fully saturated rings. The van der Waals surface area contributed by atoms with Gasteiger partial charge < -0.3 is 9.80 Å². The van der Waals surface area contributed by atoms with E-state index in [1.54, 1.807) is 0 Å². The molecule has 59 heavy (non-hydrogen) atoms. The number of anilines is 6. The summed E-state index contributed by atoms with van der Waals surface area (Å²) in [6.07, 6.45) is 3.96. The Morgan fingerprint density at radius 3 is 1.44 bits per heavy atom. The molecule has 9 aromatic carbocycles. The van der Waals surface area contributed by atoms with Gasteiger partial charge in [0.1, 0.15) is 0 Å². The van der Waals surface area contributed by atoms with Crippen molar-refractivity contribution in [2.45, 2.75) is 53.4 Å². The summed E-state index contributed by atoms with van der Waals surface area (Å²) in [4.78, 5) is 5.09. The summed E-state index contributed by atoms with van der Waals surface area (Å²) in [5, 5.41) is 7.84. The van der Waals surface area contributed by atoms with E-state index in [0.29, 0.717) is 0 Å². The van der Waals surface area contributed by atoms with Crippen LogP contribution in [0, 0.1) is 0 Å². The molecule has 0 N–H and O–H groups in total. The molecule has 2 aliphatic heterocycles. The van der Waals surface area contributed by atoms with Gasteiger partial charge in [-0.05, 0) is 156 Å². The lowest BCUT2D eigenvalue weighted by molar-refractivity contribution is 1.13. The Morgan fingerprint density at radius 1 is 0.373 bits per heavy atom. The van der Waals surface area contributed by atoms with E-state index in [2.05, 4.69) is 201 Å². The van der Waals surface area contributed by atoms with Crippen molar-refractivity contribution in [3.05, 3.63) is 186 Å². The lowest BCUT2D eigenvalue weighted by Gasteiger charge is -2.44. The lowest BCUT2D eigenvalue weighted by Crippen LogP contribution is -2.61. The normalized spacial score (nSPS) is 12.9. The molecule has 0 radical (unpaired) electrons. The molecule has 11 rings (SSSR count). The minimum Gasteiger partial charge on any atom is -0.311 e. The molecule has 0 atom stereocenters. The van der Waals surface area contributed by atoms with Crippen molar-refractivity contribution in [3.8, 4) is 11.1 Å². The molecule has 0 bridgehead atoms. The third kappa shape index (κ3) is 5.41. The van der Waals surface area contributed by atoms with Crippen molar-refractivity contribution in [3.63, 3.8) is 0 Å². The van der Waals surface area contributed by atoms with Crippen LogP contribution in [-0.4, -0.2) is 6.71 Å². The SMILES string of the molecule is CCc1ccc(N2c3ccc(CC)cc3B3c4cc(CC)ccc4N(c4ccc(CC)c(-c5cccc6c7ccccc7c7ccccc7c56)c4)c4cccc2c43)cc1. The molecule has 0 aromatic heterocycles. The fourth-order valence-corrected chi connectivity index (χ4v) is 10.4. The minimum absolute atomic E-state index is 0.110. The highest BCUT2D eigenvalue weighted by Crippen LogP contribution is 2.47. The van der Waals surface area contributed by atoms with E-state index in [4.69, 9.17) is 0 Å². The number of hydrogen-bond donors (Lipinski definition) is 0. The molecule has 2 aliphatic rings. The standard InChI is InChI=1S/C56H47BN2/c1-5-36-23-28-40(29-24-36)58-51-31-25-37(6-2)33-49(51)57-50-34-38(7-3)26-32-52(50)59(54-22-14-21-53(58)56(54)57)41-30-27-39(8-4)48(35-41)47-20-13-19-46-44-16-10-9-15-42(44)43-17-11-12-18-45(43)55(46)47/h9-35H,5-8H2,1-4H3. The van der Waals surface area contributed by atoms with Crippen LogP contribution in [0.2, 0.25) is 0 Å². The zero-order valence-corrected chi connectivity index (χ0v) is 34.4. The maximum atomic E-state index is 2.57. The van der Waals surface area contributed by atoms with E-state index in [1.807, 2.05) is 0 Å². The first-order valence-corrected chi connectivity index (χ1v) is 21.6. The van der Waals surface area contributed by atoms with E-state index >= 15 is 0 Å². The number of nitrogens with zero attached hydrogens (tertiary/aromatic N) is 2. The number of hydrogen-bond acceptors (Lipinski definition) is 2. The highest BCUT2D eigenvalue weighted by molar-refractivity contribution is 7.00. The Morgan fingerprint density at radius 2 is 0.864 bits per heavy atom. The van der Waals surface area contributed by atoms with Crippen molar-refractivity contribution in [2.24, 2.45) is 0 Å². The molecular weight excluding hydrogens is 711 g/mol. The molecule has 0 unspecified atom stereocenters. The van der Waals surface area contributed by atoms with E-state index in [9.17, 15) is 0 Å². The highest BCUT2D eigenvalue weighted by atomic mass is 15.2. The van der Waals surface area contributed by atoms with Gasteiger partial charge in [0.2, 0.25) is 0 Å². The summed E-state index contributed by atoms with van der Waals surface area (Å²) in [7, 11) is 0. The first kappa shape index (κ1) is 35.6. The van der Waals surface area contributed by atoms with Crippen LogP contribution in [0.25, 0.3) is 43.4 Å². The molecule has 0 amide bonds. The zero-order chi connectivity index (χ0) is 39.8. The molecule has 0 saturated heterocycles. The van der Waals surface area contributed by atoms with Crippen molar-refractivity contribution in [2.75, 3.05) is 9.80 Å². The first-order valence-electron chi connectivity index (χ1n) is 21.6. The second kappa shape index (κ2) is 14.1. The second-order valence-electron chi connectivity index (χ2n) is 16.3. The fourth-order valence-electron chi connectivity index (χ4n) is 10.4. The largest absolute Gasteiger partial charge is 0.311 e. The van der Waals surface area contributed by atoms with Crippen molar-refractivity contribution in [1.82, 2.24) is 0 Å². The summed E-state index contributed by atoms with van der Waals surface area (Å²) < 4.78 is 0. The van der Waals surface area contributed by atoms with E-state index in [1.165, 1.54) is 116 Å². The maximum Gasteiger partial charge on any atom is 0.252 e. The van der Waals surface area contributed by atoms with Crippen molar-refractivity contribution in [1.29, 1.82) is 0 Å². The monoisotopic (exact) mass is 758 g/mol. The Labute approximate surface area is 348 Å². The van der Waals surface area contributed by atoms with E-state index < -0.39 is 0 Å². The molecule has 0 saturated carbocycles. The predicted molar refractivity (Wildman–Crippen MR) is 256 cm³/mol. The van der Waals surface area contributed by atoms with Gasteiger partial charge in [-0.15, -0.1) is 0 Å². The van der Waals surface area contributed by atoms with Gasteiger partial charge in [-0.1, -0.05) is 143 Å². The summed E-state index contributed by atoms with van der Waals surface area (Å²) in [5.74, 6) is 0. The topological polar surface area (TPSA) is 6.48 Å². The molecule has 0 spiro atoms. The van der Waals surface area contributed by atoms with Crippen LogP contribution in [0.3, 0.4) is 0 Å². The summed E-state index contributed by atoms with van der Waals surface area (Å²) in [6, 6.07) is 62.7. The Hall–Kier alpha value is -6.58. The van der Waals surface area contributed by atoms with Crippen molar-refractivity contribution < 1.29 is 0 Å². The molecular formula is C56H47BN2. The van der Waals surface area contributed by atoms with Gasteiger partial charge in [0.05, 0.1) is 0 Å². The average Bonchev–Trinajstić information content (AvgIpc) is 3.31. The van der Waals surface area contributed by atoms with Gasteiger partial charge in [0, 0.05) is 34.1 Å². The molecule has 9 aromatic rings. The van der Waals surface area contributed by atoms with E-state index in [-0.39, 0.29) is 6.71 Å². The van der Waals surface area contributed by atoms with Crippen LogP contribution in [0.1, 0.15) is 49.9 Å². The van der Waals surface area contributed by atoms with E-state index in [0.717, 1.165) is 25.7 Å². The van der Waals surface area contributed by atoms with Gasteiger partial charge in [-0.3, -0.25) is 0 Å². The third-order valence-corrected chi connectivity index (χ3v) is 13.3. The van der Waals surface area contributed by atoms with Gasteiger partial charge in [0.15, 0.2) is 0 Å². The molecule has 2 heterocycles. The fraction of sp³-hybridized carbons (Fsp3) is 0.143. The molecule has 284 valence electrons.